The average molecular weight is 1740 g/mol. The van der Waals surface area contributed by atoms with E-state index < -0.39 is 72.5 Å². The maximum atomic E-state index is 13.6. The average Bonchev–Trinajstić information content (AvgIpc) is 1.72. The van der Waals surface area contributed by atoms with E-state index in [1.807, 2.05) is 77.1 Å². The minimum absolute atomic E-state index is 0.111. The molecule has 9 aromatic rings. The number of nitrogens with two attached hydrogens (primary N) is 3. The monoisotopic (exact) mass is 1730 g/mol. The SMILES string of the molecule is CC1(c2csc(C(=O)c3cncnc3N[C@@H]3C[C@H](COS(N)(=O)=O)[C@@H](O)C3)c2)NCCc2ccc(Cl)cc21.NS(=O)(=O)OC[C@H]1C[C@@H](Nc2ncncc2C(=O)c2cc(C3NCCCc4ccccc43)c(Cl)s2)C[C@@H]1O.NS(=O)(=O)OC[C@H]1C[C@@H](Nc2ncncc2C(=O)c2cc(C3SCCc4ccc(Cl)cc43)cs2)C[C@@H]1O. The van der Waals surface area contributed by atoms with Gasteiger partial charge in [0.05, 0.1) is 90.6 Å². The number of nitrogens with zero attached hydrogens (tertiary/aromatic N) is 6. The third-order valence-electron chi connectivity index (χ3n) is 20.9. The Morgan fingerprint density at radius 1 is 0.558 bits per heavy atom. The summed E-state index contributed by atoms with van der Waals surface area (Å²) in [6.45, 7) is 3.10. The van der Waals surface area contributed by atoms with Crippen LogP contribution in [0, 0.1) is 17.8 Å². The number of aliphatic hydroxyl groups excluding tert-OH is 3. The quantitative estimate of drug-likeness (QED) is 0.0251. The van der Waals surface area contributed by atoms with Gasteiger partial charge in [0, 0.05) is 76.6 Å². The molecule has 0 saturated heterocycles. The van der Waals surface area contributed by atoms with Gasteiger partial charge in [-0.15, -0.1) is 45.8 Å². The maximum Gasteiger partial charge on any atom is 0.333 e. The lowest BCUT2D eigenvalue weighted by molar-refractivity contribution is 0.100. The molecule has 9 heterocycles. The second kappa shape index (κ2) is 36.3. The molecule has 6 aliphatic rings. The number of carbonyl (C=O) groups excluding carboxylic acids is 3. The summed E-state index contributed by atoms with van der Waals surface area (Å²) in [6, 6.07) is 25.0. The van der Waals surface area contributed by atoms with Crippen molar-refractivity contribution in [1.82, 2.24) is 40.5 Å². The van der Waals surface area contributed by atoms with Gasteiger partial charge in [0.25, 0.3) is 0 Å². The van der Waals surface area contributed by atoms with Crippen molar-refractivity contribution in [2.24, 2.45) is 33.2 Å². The fourth-order valence-electron chi connectivity index (χ4n) is 15.3. The lowest BCUT2D eigenvalue weighted by Gasteiger charge is -2.37. The molecule has 29 nitrogen and oxygen atoms in total. The van der Waals surface area contributed by atoms with E-state index in [4.69, 9.17) is 50.2 Å². The van der Waals surface area contributed by atoms with Crippen LogP contribution in [0.3, 0.4) is 0 Å². The van der Waals surface area contributed by atoms with Crippen LogP contribution in [-0.4, -0.2) is 163 Å². The first-order valence-corrected chi connectivity index (χ1v) is 45.2. The van der Waals surface area contributed by atoms with Crippen LogP contribution in [0.5, 0.6) is 0 Å². The first kappa shape index (κ1) is 84.0. The van der Waals surface area contributed by atoms with Crippen LogP contribution < -0.4 is 42.0 Å². The summed E-state index contributed by atoms with van der Waals surface area (Å²) in [5, 5.41) is 68.1. The van der Waals surface area contributed by atoms with Gasteiger partial charge in [-0.1, -0.05) is 71.2 Å². The molecule has 0 amide bonds. The molecular weight excluding hydrogens is 1660 g/mol. The number of thiophene rings is 3. The minimum atomic E-state index is -4.10. The first-order chi connectivity index (χ1) is 53.9. The number of nitrogens with one attached hydrogen (secondary N) is 5. The van der Waals surface area contributed by atoms with Gasteiger partial charge < -0.3 is 41.9 Å². The predicted octanol–water partition coefficient (Wildman–Crippen LogP) is 9.00. The van der Waals surface area contributed by atoms with Crippen LogP contribution in [0.15, 0.2) is 127 Å². The Labute approximate surface area is 684 Å². The Bertz CT molecular complexity index is 5340. The largest absolute Gasteiger partial charge is 0.393 e. The highest BCUT2D eigenvalue weighted by molar-refractivity contribution is 7.99. The van der Waals surface area contributed by atoms with Gasteiger partial charge in [-0.05, 0) is 181 Å². The summed E-state index contributed by atoms with van der Waals surface area (Å²) >= 11 is 25.1. The van der Waals surface area contributed by atoms with E-state index >= 15 is 0 Å². The Morgan fingerprint density at radius 2 is 1.04 bits per heavy atom. The summed E-state index contributed by atoms with van der Waals surface area (Å²) in [5.41, 5.74) is 10.5. The van der Waals surface area contributed by atoms with Crippen LogP contribution in [0.4, 0.5) is 17.5 Å². The van der Waals surface area contributed by atoms with Crippen LogP contribution in [0.1, 0.15) is 159 Å². The van der Waals surface area contributed by atoms with Crippen molar-refractivity contribution in [3.8, 4) is 0 Å². The van der Waals surface area contributed by atoms with Gasteiger partial charge in [0.1, 0.15) is 36.4 Å². The molecule has 0 spiro atoms. The van der Waals surface area contributed by atoms with Gasteiger partial charge in [0.2, 0.25) is 17.3 Å². The lowest BCUT2D eigenvalue weighted by atomic mass is 9.79. The topological polar surface area (TPSA) is 458 Å². The van der Waals surface area contributed by atoms with E-state index in [-0.39, 0.29) is 72.2 Å². The van der Waals surface area contributed by atoms with Gasteiger partial charge >= 0.3 is 30.9 Å². The van der Waals surface area contributed by atoms with E-state index in [9.17, 15) is 55.0 Å². The number of thioether (sulfide) groups is 1. The normalized spacial score (nSPS) is 24.1. The number of halogens is 3. The highest BCUT2D eigenvalue weighted by Crippen LogP contribution is 2.46. The van der Waals surface area contributed by atoms with Gasteiger partial charge in [-0.2, -0.15) is 25.3 Å². The standard InChI is InChI=1S/2C25H28ClN5O5S2.C24H25ClN4O5S3/c1-25(20-8-17(26)3-2-14(20)4-5-30-25)16-7-22(37-12-16)23(33)19-10-28-13-29-24(19)31-18-6-15(21(32)9-18)11-36-38(27,34)35;26-24-18(22-17-6-2-1-4-14(17)5-3-7-29-22)10-21(37-24)23(33)19-11-28-13-30-25(19)31-16-8-15(20(32)9-16)12-36-38(27,34)35;25-16-2-1-13-3-4-35-23(18(13)7-16)15-6-21(36-11-15)22(31)19-9-27-12-28-24(19)29-17-5-14(20(30)8-17)10-34-37(26,32)33/h2-3,7-8,10,12-13,15,18,21,30,32H,4-6,9,11H2,1H3,(H2,27,34,35)(H,28,29,31);1-2,4,6,10-11,13,15-16,20,22,29,32H,3,5,7-9,12H2,(H2,27,34,35)(H,28,30,31);1-2,6-7,9,11-12,14,17,20,23,30H,3-5,8,10H2,(H2,26,32,33)(H,27,28,29)/t15-,18-,21+,25?;15-,16-,20+,22?;14-,17-,20+,23?/m111/s1. The van der Waals surface area contributed by atoms with Crippen molar-refractivity contribution in [3.05, 3.63) is 223 Å². The van der Waals surface area contributed by atoms with Crippen LogP contribution >= 0.6 is 80.6 Å². The molecule has 6 aromatic heterocycles. The first-order valence-electron chi connectivity index (χ1n) is 36.0. The molecule has 0 bridgehead atoms. The smallest absolute Gasteiger partial charge is 0.333 e. The summed E-state index contributed by atoms with van der Waals surface area (Å²) in [5.74, 6) is 0.0963. The molecule has 600 valence electrons. The second-order valence-corrected chi connectivity index (χ2v) is 37.7. The molecule has 3 fully saturated rings. The number of hydrogen-bond donors (Lipinski definition) is 11. The molecule has 0 radical (unpaired) electrons. The molecule has 12 atom stereocenters. The molecular formula is C74H81Cl3N14O15S7. The second-order valence-electron chi connectivity index (χ2n) is 28.5. The number of carbonyl (C=O) groups is 3. The number of aryl methyl sites for hydroxylation is 2. The molecule has 3 aliphatic heterocycles. The predicted molar refractivity (Wildman–Crippen MR) is 434 cm³/mol. The molecule has 3 unspecified atom stereocenters. The number of aromatic nitrogens is 6. The van der Waals surface area contributed by atoms with Crippen LogP contribution in [-0.2, 0) is 68.3 Å². The minimum Gasteiger partial charge on any atom is -0.393 e. The summed E-state index contributed by atoms with van der Waals surface area (Å²) in [7, 11) is -12.3. The molecule has 113 heavy (non-hydrogen) atoms. The number of fused-ring (bicyclic) bond motifs is 3. The lowest BCUT2D eigenvalue weighted by Crippen LogP contribution is -2.45. The van der Waals surface area contributed by atoms with Crippen LogP contribution in [0.2, 0.25) is 14.4 Å². The van der Waals surface area contributed by atoms with Crippen molar-refractivity contribution in [2.45, 2.75) is 124 Å². The van der Waals surface area contributed by atoms with Crippen molar-refractivity contribution >= 4 is 146 Å². The third kappa shape index (κ3) is 20.9. The fourth-order valence-corrected chi connectivity index (χ4v) is 21.2. The number of aliphatic hydroxyl groups is 3. The van der Waals surface area contributed by atoms with Crippen molar-refractivity contribution in [1.29, 1.82) is 0 Å². The van der Waals surface area contributed by atoms with E-state index in [1.165, 1.54) is 93.8 Å². The number of anilines is 3. The Kier molecular flexibility index (Phi) is 27.0. The molecule has 3 aliphatic carbocycles. The number of ketones is 3. The molecule has 14 N–H and O–H groups in total. The van der Waals surface area contributed by atoms with E-state index in [0.717, 1.165) is 72.3 Å². The molecule has 39 heteroatoms. The molecule has 3 saturated carbocycles. The number of rotatable bonds is 24. The van der Waals surface area contributed by atoms with Gasteiger partial charge in [-0.25, -0.2) is 45.3 Å². The summed E-state index contributed by atoms with van der Waals surface area (Å²) in [6.07, 6.45) is 12.3. The zero-order chi connectivity index (χ0) is 80.1. The maximum absolute atomic E-state index is 13.6. The Morgan fingerprint density at radius 3 is 1.58 bits per heavy atom. The van der Waals surface area contributed by atoms with E-state index in [2.05, 4.69) is 100 Å². The fraction of sp³-hybridized carbons (Fsp3) is 0.392. The van der Waals surface area contributed by atoms with Gasteiger partial charge in [0.15, 0.2) is 0 Å². The highest BCUT2D eigenvalue weighted by atomic mass is 35.5. The Balaban J connectivity index is 0.000000148. The summed E-state index contributed by atoms with van der Waals surface area (Å²) in [4.78, 5) is 67.3. The van der Waals surface area contributed by atoms with Crippen molar-refractivity contribution < 1.29 is 67.5 Å². The third-order valence-corrected chi connectivity index (χ3v) is 27.3. The molecule has 3 aromatic carbocycles. The van der Waals surface area contributed by atoms with Gasteiger partial charge in [-0.3, -0.25) is 26.9 Å². The number of hydrogen-bond acceptors (Lipinski definition) is 30. The highest BCUT2D eigenvalue weighted by Gasteiger charge is 2.40. The summed E-state index contributed by atoms with van der Waals surface area (Å²) < 4.78 is 81.2. The van der Waals surface area contributed by atoms with Crippen molar-refractivity contribution in [3.63, 3.8) is 0 Å². The zero-order valence-electron chi connectivity index (χ0n) is 60.4. The van der Waals surface area contributed by atoms with E-state index in [0.29, 0.717) is 96.1 Å². The number of benzene rings is 3. The van der Waals surface area contributed by atoms with E-state index in [1.54, 1.807) is 0 Å². The van der Waals surface area contributed by atoms with Crippen LogP contribution in [0.25, 0.3) is 0 Å². The zero-order valence-corrected chi connectivity index (χ0v) is 68.4. The Hall–Kier alpha value is -6.96. The van der Waals surface area contributed by atoms with Crippen molar-refractivity contribution in [2.75, 3.05) is 54.6 Å². The molecule has 15 rings (SSSR count).